The van der Waals surface area contributed by atoms with Crippen LogP contribution in [0.5, 0.6) is 0 Å². The van der Waals surface area contributed by atoms with Crippen LogP contribution < -0.4 is 10.5 Å². The van der Waals surface area contributed by atoms with Gasteiger partial charge in [-0.1, -0.05) is 6.92 Å². The lowest BCUT2D eigenvalue weighted by molar-refractivity contribution is 0.143. The fourth-order valence-corrected chi connectivity index (χ4v) is 4.08. The Labute approximate surface area is 127 Å². The first-order valence-electron chi connectivity index (χ1n) is 7.26. The van der Waals surface area contributed by atoms with E-state index in [4.69, 9.17) is 5.73 Å². The van der Waals surface area contributed by atoms with E-state index in [0.717, 1.165) is 25.9 Å². The number of nitrogen functional groups attached to an aromatic ring is 1. The van der Waals surface area contributed by atoms with E-state index >= 15 is 0 Å². The van der Waals surface area contributed by atoms with Crippen molar-refractivity contribution < 1.29 is 8.42 Å². The minimum absolute atomic E-state index is 0.0291. The highest BCUT2D eigenvalue weighted by Crippen LogP contribution is 2.30. The number of hydrogen-bond acceptors (Lipinski definition) is 4. The number of piperidine rings is 1. The van der Waals surface area contributed by atoms with Gasteiger partial charge in [0.15, 0.2) is 0 Å². The monoisotopic (exact) mass is 311 g/mol. The number of nitrogens with zero attached hydrogens (tertiary/aromatic N) is 1. The summed E-state index contributed by atoms with van der Waals surface area (Å²) >= 11 is 0. The lowest BCUT2D eigenvalue weighted by Gasteiger charge is -2.37. The minimum atomic E-state index is -3.48. The summed E-state index contributed by atoms with van der Waals surface area (Å²) in [6.07, 6.45) is 2.01. The maximum atomic E-state index is 12.5. The van der Waals surface area contributed by atoms with E-state index in [-0.39, 0.29) is 5.41 Å². The fraction of sp³-hybridized carbons (Fsp3) is 0.600. The molecule has 0 aliphatic carbocycles. The van der Waals surface area contributed by atoms with Crippen molar-refractivity contribution in [2.24, 2.45) is 5.41 Å². The number of rotatable bonds is 4. The predicted molar refractivity (Wildman–Crippen MR) is 85.6 cm³/mol. The molecule has 0 atom stereocenters. The van der Waals surface area contributed by atoms with Gasteiger partial charge in [-0.3, -0.25) is 0 Å². The van der Waals surface area contributed by atoms with Crippen LogP contribution >= 0.6 is 0 Å². The van der Waals surface area contributed by atoms with Crippen molar-refractivity contribution in [3.05, 3.63) is 23.8 Å². The Bertz CT molecular complexity index is 605. The van der Waals surface area contributed by atoms with Gasteiger partial charge in [0.25, 0.3) is 0 Å². The summed E-state index contributed by atoms with van der Waals surface area (Å²) in [6.45, 7) is 6.42. The van der Waals surface area contributed by atoms with Gasteiger partial charge in [-0.15, -0.1) is 0 Å². The van der Waals surface area contributed by atoms with Crippen LogP contribution in [0.25, 0.3) is 0 Å². The average molecular weight is 311 g/mol. The molecule has 1 aliphatic heterocycles. The van der Waals surface area contributed by atoms with Crippen molar-refractivity contribution in [3.63, 3.8) is 0 Å². The Morgan fingerprint density at radius 3 is 2.52 bits per heavy atom. The van der Waals surface area contributed by atoms with Crippen LogP contribution in [-0.2, 0) is 10.0 Å². The maximum absolute atomic E-state index is 12.5. The molecule has 0 spiro atoms. The van der Waals surface area contributed by atoms with Gasteiger partial charge < -0.3 is 10.6 Å². The summed E-state index contributed by atoms with van der Waals surface area (Å²) in [4.78, 5) is 2.59. The standard InChI is InChI=1S/C15H25N3O2S/c1-12-10-13(16)4-5-14(12)21(19,20)17-11-15(2)6-8-18(3)9-7-15/h4-5,10,17H,6-9,11,16H2,1-3H3. The van der Waals surface area contributed by atoms with Crippen molar-refractivity contribution >= 4 is 15.7 Å². The molecule has 21 heavy (non-hydrogen) atoms. The molecule has 1 fully saturated rings. The highest BCUT2D eigenvalue weighted by atomic mass is 32.2. The van der Waals surface area contributed by atoms with Crippen molar-refractivity contribution in [1.82, 2.24) is 9.62 Å². The summed E-state index contributed by atoms with van der Waals surface area (Å²) in [5.74, 6) is 0. The summed E-state index contributed by atoms with van der Waals surface area (Å²) in [7, 11) is -1.38. The lowest BCUT2D eigenvalue weighted by atomic mass is 9.81. The molecule has 1 saturated heterocycles. The van der Waals surface area contributed by atoms with E-state index < -0.39 is 10.0 Å². The van der Waals surface area contributed by atoms with E-state index in [1.165, 1.54) is 0 Å². The molecule has 1 heterocycles. The summed E-state index contributed by atoms with van der Waals surface area (Å²) < 4.78 is 27.7. The molecular weight excluding hydrogens is 286 g/mol. The molecule has 2 rings (SSSR count). The highest BCUT2D eigenvalue weighted by Gasteiger charge is 2.30. The predicted octanol–water partition coefficient (Wildman–Crippen LogP) is 1.59. The van der Waals surface area contributed by atoms with Gasteiger partial charge >= 0.3 is 0 Å². The summed E-state index contributed by atoms with van der Waals surface area (Å²) in [5, 5.41) is 0. The molecule has 1 aromatic carbocycles. The SMILES string of the molecule is Cc1cc(N)ccc1S(=O)(=O)NCC1(C)CCN(C)CC1. The Hall–Kier alpha value is -1.11. The number of nitrogens with one attached hydrogen (secondary N) is 1. The number of benzene rings is 1. The van der Waals surface area contributed by atoms with Crippen molar-refractivity contribution in [2.75, 3.05) is 32.4 Å². The number of sulfonamides is 1. The van der Waals surface area contributed by atoms with E-state index in [1.54, 1.807) is 25.1 Å². The van der Waals surface area contributed by atoms with E-state index in [1.807, 2.05) is 0 Å². The smallest absolute Gasteiger partial charge is 0.240 e. The van der Waals surface area contributed by atoms with Crippen LogP contribution in [0.2, 0.25) is 0 Å². The third kappa shape index (κ3) is 3.96. The van der Waals surface area contributed by atoms with Gasteiger partial charge in [-0.2, -0.15) is 0 Å². The summed E-state index contributed by atoms with van der Waals surface area (Å²) in [6, 6.07) is 4.88. The lowest BCUT2D eigenvalue weighted by Crippen LogP contribution is -2.43. The number of anilines is 1. The van der Waals surface area contributed by atoms with Crippen LogP contribution in [0.4, 0.5) is 5.69 Å². The first-order valence-corrected chi connectivity index (χ1v) is 8.75. The third-order valence-corrected chi connectivity index (χ3v) is 5.93. The van der Waals surface area contributed by atoms with Gasteiger partial charge in [0.2, 0.25) is 10.0 Å². The Morgan fingerprint density at radius 1 is 1.33 bits per heavy atom. The molecule has 3 N–H and O–H groups in total. The van der Waals surface area contributed by atoms with Gasteiger partial charge in [-0.25, -0.2) is 13.1 Å². The Morgan fingerprint density at radius 2 is 1.95 bits per heavy atom. The first kappa shape index (κ1) is 16.3. The van der Waals surface area contributed by atoms with Crippen LogP contribution in [0.3, 0.4) is 0 Å². The van der Waals surface area contributed by atoms with Gasteiger partial charge in [0.1, 0.15) is 0 Å². The molecule has 118 valence electrons. The van der Waals surface area contributed by atoms with Crippen molar-refractivity contribution in [2.45, 2.75) is 31.6 Å². The van der Waals surface area contributed by atoms with E-state index in [0.29, 0.717) is 22.7 Å². The van der Waals surface area contributed by atoms with Gasteiger partial charge in [-0.05, 0) is 69.1 Å². The fourth-order valence-electron chi connectivity index (χ4n) is 2.66. The zero-order chi connectivity index (χ0) is 15.7. The molecule has 6 heteroatoms. The molecule has 0 radical (unpaired) electrons. The Balaban J connectivity index is 2.08. The second-order valence-corrected chi connectivity index (χ2v) is 8.20. The summed E-state index contributed by atoms with van der Waals surface area (Å²) in [5.41, 5.74) is 6.96. The number of likely N-dealkylation sites (tertiary alicyclic amines) is 1. The van der Waals surface area contributed by atoms with Gasteiger partial charge in [0, 0.05) is 12.2 Å². The molecule has 0 amide bonds. The average Bonchev–Trinajstić information content (AvgIpc) is 2.40. The topological polar surface area (TPSA) is 75.4 Å². The quantitative estimate of drug-likeness (QED) is 0.828. The number of aryl methyl sites for hydroxylation is 1. The molecule has 0 unspecified atom stereocenters. The molecule has 0 saturated carbocycles. The molecular formula is C15H25N3O2S. The normalized spacial score (nSPS) is 19.6. The minimum Gasteiger partial charge on any atom is -0.399 e. The third-order valence-electron chi connectivity index (χ3n) is 4.37. The molecule has 0 bridgehead atoms. The highest BCUT2D eigenvalue weighted by molar-refractivity contribution is 7.89. The van der Waals surface area contributed by atoms with Crippen LogP contribution in [0, 0.1) is 12.3 Å². The van der Waals surface area contributed by atoms with Crippen LogP contribution in [-0.4, -0.2) is 40.0 Å². The molecule has 1 aliphatic rings. The molecule has 5 nitrogen and oxygen atoms in total. The Kier molecular flexibility index (Phi) is 4.60. The maximum Gasteiger partial charge on any atom is 0.240 e. The van der Waals surface area contributed by atoms with Crippen LogP contribution in [0.1, 0.15) is 25.3 Å². The molecule has 0 aromatic heterocycles. The largest absolute Gasteiger partial charge is 0.399 e. The van der Waals surface area contributed by atoms with Crippen molar-refractivity contribution in [1.29, 1.82) is 0 Å². The number of hydrogen-bond donors (Lipinski definition) is 2. The van der Waals surface area contributed by atoms with Gasteiger partial charge in [0.05, 0.1) is 4.90 Å². The van der Waals surface area contributed by atoms with E-state index in [2.05, 4.69) is 23.6 Å². The zero-order valence-corrected chi connectivity index (χ0v) is 13.8. The van der Waals surface area contributed by atoms with E-state index in [9.17, 15) is 8.42 Å². The second kappa shape index (κ2) is 5.94. The second-order valence-electron chi connectivity index (χ2n) is 6.46. The molecule has 1 aromatic rings. The van der Waals surface area contributed by atoms with Crippen molar-refractivity contribution in [3.8, 4) is 0 Å². The number of nitrogens with two attached hydrogens (primary N) is 1. The zero-order valence-electron chi connectivity index (χ0n) is 13.0. The van der Waals surface area contributed by atoms with Crippen LogP contribution in [0.15, 0.2) is 23.1 Å². The first-order chi connectivity index (χ1) is 9.72.